The van der Waals surface area contributed by atoms with Gasteiger partial charge in [-0.1, -0.05) is 0 Å². The van der Waals surface area contributed by atoms with Crippen molar-refractivity contribution >= 4 is 16.1 Å². The van der Waals surface area contributed by atoms with Crippen molar-refractivity contribution in [3.63, 3.8) is 0 Å². The van der Waals surface area contributed by atoms with Gasteiger partial charge in [0.1, 0.15) is 5.60 Å². The number of hydrogen-bond acceptors (Lipinski definition) is 5. The summed E-state index contributed by atoms with van der Waals surface area (Å²) in [6, 6.07) is -0.364. The Balaban J connectivity index is 2.03. The number of piperazine rings is 1. The fourth-order valence-electron chi connectivity index (χ4n) is 2.42. The van der Waals surface area contributed by atoms with Crippen molar-refractivity contribution in [1.29, 1.82) is 0 Å². The molecule has 0 aromatic rings. The summed E-state index contributed by atoms with van der Waals surface area (Å²) in [7, 11) is -3.26. The number of nitrogens with two attached hydrogens (primary N) is 1. The second-order valence-electron chi connectivity index (χ2n) is 6.67. The predicted molar refractivity (Wildman–Crippen MR) is 79.3 cm³/mol. The van der Waals surface area contributed by atoms with Crippen LogP contribution >= 0.6 is 0 Å². The Bertz CT molecular complexity index is 496. The van der Waals surface area contributed by atoms with Gasteiger partial charge in [0.15, 0.2) is 0 Å². The number of carbonyl (C=O) groups excluding carboxylic acids is 1. The van der Waals surface area contributed by atoms with Gasteiger partial charge in [0.05, 0.1) is 11.3 Å². The maximum Gasteiger partial charge on any atom is 0.410 e. The van der Waals surface area contributed by atoms with Crippen molar-refractivity contribution in [2.75, 3.05) is 26.2 Å². The molecule has 0 radical (unpaired) electrons. The van der Waals surface area contributed by atoms with Gasteiger partial charge < -0.3 is 15.4 Å². The minimum atomic E-state index is -3.26. The summed E-state index contributed by atoms with van der Waals surface area (Å²) in [6.45, 7) is 6.54. The van der Waals surface area contributed by atoms with Gasteiger partial charge in [0, 0.05) is 26.2 Å². The molecule has 2 N–H and O–H groups in total. The lowest BCUT2D eigenvalue weighted by Gasteiger charge is -2.40. The Kier molecular flexibility index (Phi) is 4.51. The van der Waals surface area contributed by atoms with Gasteiger partial charge in [-0.15, -0.1) is 0 Å². The Hall–Kier alpha value is -0.860. The van der Waals surface area contributed by atoms with Crippen LogP contribution in [0.1, 0.15) is 33.6 Å². The molecular weight excluding hydrogens is 294 g/mol. The lowest BCUT2D eigenvalue weighted by molar-refractivity contribution is 0.0138. The largest absolute Gasteiger partial charge is 0.444 e. The molecule has 8 heteroatoms. The topological polar surface area (TPSA) is 92.9 Å². The first-order chi connectivity index (χ1) is 9.65. The Morgan fingerprint density at radius 3 is 2.38 bits per heavy atom. The number of carbonyl (C=O) groups is 1. The van der Waals surface area contributed by atoms with E-state index in [1.807, 2.05) is 0 Å². The Morgan fingerprint density at radius 1 is 1.29 bits per heavy atom. The summed E-state index contributed by atoms with van der Waals surface area (Å²) < 4.78 is 31.5. The lowest BCUT2D eigenvalue weighted by Crippen LogP contribution is -2.59. The van der Waals surface area contributed by atoms with Crippen molar-refractivity contribution in [3.05, 3.63) is 0 Å². The molecule has 1 saturated carbocycles. The number of sulfonamides is 1. The minimum Gasteiger partial charge on any atom is -0.444 e. The van der Waals surface area contributed by atoms with Crippen LogP contribution in [0.15, 0.2) is 0 Å². The number of rotatable bonds is 3. The molecule has 7 nitrogen and oxygen atoms in total. The summed E-state index contributed by atoms with van der Waals surface area (Å²) in [5.74, 6) is 0. The number of nitrogens with zero attached hydrogens (tertiary/aromatic N) is 2. The predicted octanol–water partition coefficient (Wildman–Crippen LogP) is 0.359. The van der Waals surface area contributed by atoms with Gasteiger partial charge in [-0.2, -0.15) is 4.31 Å². The molecular formula is C13H25N3O4S. The molecule has 1 aliphatic carbocycles. The third-order valence-electron chi connectivity index (χ3n) is 3.62. The van der Waals surface area contributed by atoms with Gasteiger partial charge in [0.2, 0.25) is 10.0 Å². The monoisotopic (exact) mass is 319 g/mol. The smallest absolute Gasteiger partial charge is 0.410 e. The highest BCUT2D eigenvalue weighted by Gasteiger charge is 2.45. The fraction of sp³-hybridized carbons (Fsp3) is 0.923. The van der Waals surface area contributed by atoms with Gasteiger partial charge in [-0.25, -0.2) is 13.2 Å². The molecule has 0 aromatic heterocycles. The van der Waals surface area contributed by atoms with E-state index in [0.29, 0.717) is 13.1 Å². The van der Waals surface area contributed by atoms with Gasteiger partial charge >= 0.3 is 6.09 Å². The van der Waals surface area contributed by atoms with Crippen LogP contribution in [0.2, 0.25) is 0 Å². The molecule has 2 rings (SSSR count). The summed E-state index contributed by atoms with van der Waals surface area (Å²) in [5.41, 5.74) is 5.15. The number of ether oxygens (including phenoxy) is 1. The quantitative estimate of drug-likeness (QED) is 0.810. The zero-order chi connectivity index (χ0) is 15.8. The van der Waals surface area contributed by atoms with E-state index < -0.39 is 21.7 Å². The molecule has 2 fully saturated rings. The SMILES string of the molecule is CC(C)(C)OC(=O)N1CCN(S(=O)(=O)C2CC2)C(CN)C1. The first-order valence-electron chi connectivity index (χ1n) is 7.34. The molecule has 1 saturated heterocycles. The van der Waals surface area contributed by atoms with Crippen LogP contribution in [0, 0.1) is 0 Å². The second kappa shape index (κ2) is 5.73. The van der Waals surface area contributed by atoms with Crippen molar-refractivity contribution in [1.82, 2.24) is 9.21 Å². The summed E-state index contributed by atoms with van der Waals surface area (Å²) in [5, 5.41) is -0.250. The van der Waals surface area contributed by atoms with E-state index in [9.17, 15) is 13.2 Å². The van der Waals surface area contributed by atoms with Crippen molar-refractivity contribution in [2.45, 2.75) is 50.5 Å². The molecule has 0 spiro atoms. The third kappa shape index (κ3) is 3.87. The van der Waals surface area contributed by atoms with Crippen LogP contribution in [0.5, 0.6) is 0 Å². The molecule has 1 heterocycles. The van der Waals surface area contributed by atoms with Crippen molar-refractivity contribution in [3.8, 4) is 0 Å². The second-order valence-corrected chi connectivity index (χ2v) is 8.84. The molecule has 2 aliphatic rings. The first-order valence-corrected chi connectivity index (χ1v) is 8.84. The highest BCUT2D eigenvalue weighted by Crippen LogP contribution is 2.32. The van der Waals surface area contributed by atoms with Gasteiger partial charge in [-0.3, -0.25) is 0 Å². The number of amides is 1. The van der Waals surface area contributed by atoms with E-state index >= 15 is 0 Å². The normalized spacial score (nSPS) is 25.0. The van der Waals surface area contributed by atoms with Crippen molar-refractivity contribution < 1.29 is 17.9 Å². The standard InChI is InChI=1S/C13H25N3O4S/c1-13(2,3)20-12(17)15-6-7-16(10(8-14)9-15)21(18,19)11-4-5-11/h10-11H,4-9,14H2,1-3H3. The van der Waals surface area contributed by atoms with Crippen LogP contribution < -0.4 is 5.73 Å². The average Bonchev–Trinajstić information content (AvgIpc) is 3.20. The first kappa shape index (κ1) is 16.5. The molecule has 122 valence electrons. The summed E-state index contributed by atoms with van der Waals surface area (Å²) in [4.78, 5) is 13.6. The highest BCUT2D eigenvalue weighted by atomic mass is 32.2. The molecule has 1 amide bonds. The zero-order valence-corrected chi connectivity index (χ0v) is 13.7. The van der Waals surface area contributed by atoms with Crippen LogP contribution in [0.25, 0.3) is 0 Å². The van der Waals surface area contributed by atoms with E-state index in [1.54, 1.807) is 25.7 Å². The van der Waals surface area contributed by atoms with E-state index in [2.05, 4.69) is 0 Å². The Morgan fingerprint density at radius 2 is 1.90 bits per heavy atom. The maximum absolute atomic E-state index is 12.4. The van der Waals surface area contributed by atoms with E-state index in [0.717, 1.165) is 12.8 Å². The molecule has 1 unspecified atom stereocenters. The summed E-state index contributed by atoms with van der Waals surface area (Å²) >= 11 is 0. The van der Waals surface area contributed by atoms with Crippen LogP contribution in [-0.2, 0) is 14.8 Å². The fourth-order valence-corrected chi connectivity index (χ4v) is 4.43. The molecule has 0 aromatic carbocycles. The molecule has 1 atom stereocenters. The molecule has 0 bridgehead atoms. The van der Waals surface area contributed by atoms with Crippen molar-refractivity contribution in [2.24, 2.45) is 5.73 Å². The van der Waals surface area contributed by atoms with Crippen LogP contribution in [0.3, 0.4) is 0 Å². The third-order valence-corrected chi connectivity index (χ3v) is 6.07. The average molecular weight is 319 g/mol. The summed E-state index contributed by atoms with van der Waals surface area (Å²) in [6.07, 6.45) is 1.04. The van der Waals surface area contributed by atoms with Gasteiger partial charge in [-0.05, 0) is 33.6 Å². The molecule has 1 aliphatic heterocycles. The van der Waals surface area contributed by atoms with Gasteiger partial charge in [0.25, 0.3) is 0 Å². The maximum atomic E-state index is 12.4. The minimum absolute atomic E-state index is 0.200. The number of hydrogen-bond donors (Lipinski definition) is 1. The Labute approximate surface area is 126 Å². The highest BCUT2D eigenvalue weighted by molar-refractivity contribution is 7.90. The lowest BCUT2D eigenvalue weighted by atomic mass is 10.2. The van der Waals surface area contributed by atoms with Crippen LogP contribution in [-0.4, -0.2) is 66.8 Å². The van der Waals surface area contributed by atoms with E-state index in [4.69, 9.17) is 10.5 Å². The molecule has 21 heavy (non-hydrogen) atoms. The van der Waals surface area contributed by atoms with E-state index in [1.165, 1.54) is 4.31 Å². The van der Waals surface area contributed by atoms with Crippen LogP contribution in [0.4, 0.5) is 4.79 Å². The zero-order valence-electron chi connectivity index (χ0n) is 12.9. The van der Waals surface area contributed by atoms with E-state index in [-0.39, 0.29) is 24.4 Å².